The smallest absolute Gasteiger partial charge is 0.255 e. The Balaban J connectivity index is 2.16. The minimum absolute atomic E-state index is 0.156. The summed E-state index contributed by atoms with van der Waals surface area (Å²) >= 11 is 5.74. The minimum atomic E-state index is -0.323. The standard InChI is InChI=1S/C14H14ClN3O3/c1-21-7-6-18-9-11(2-3-13(18)19)17-14(20)10-4-5-16-12(15)8-10/h2-5,8-9H,6-7H2,1H3,(H,17,20). The molecule has 0 bridgehead atoms. The number of methoxy groups -OCH3 is 1. The molecule has 1 amide bonds. The molecule has 0 fully saturated rings. The van der Waals surface area contributed by atoms with Crippen molar-refractivity contribution < 1.29 is 9.53 Å². The quantitative estimate of drug-likeness (QED) is 0.855. The van der Waals surface area contributed by atoms with Gasteiger partial charge in [0.05, 0.1) is 12.3 Å². The summed E-state index contributed by atoms with van der Waals surface area (Å²) in [5.74, 6) is -0.323. The molecule has 0 aliphatic carbocycles. The molecule has 0 atom stereocenters. The molecule has 110 valence electrons. The summed E-state index contributed by atoms with van der Waals surface area (Å²) in [6.07, 6.45) is 3.03. The average Bonchev–Trinajstić information content (AvgIpc) is 2.47. The second-order valence-electron chi connectivity index (χ2n) is 4.26. The van der Waals surface area contributed by atoms with Crippen LogP contribution in [0.1, 0.15) is 10.4 Å². The summed E-state index contributed by atoms with van der Waals surface area (Å²) in [6.45, 7) is 0.831. The Hall–Kier alpha value is -2.18. The molecular formula is C14H14ClN3O3. The van der Waals surface area contributed by atoms with E-state index >= 15 is 0 Å². The van der Waals surface area contributed by atoms with Crippen molar-refractivity contribution in [3.05, 3.63) is 57.7 Å². The number of ether oxygens (including phenoxy) is 1. The van der Waals surface area contributed by atoms with E-state index in [0.29, 0.717) is 24.4 Å². The Bertz CT molecular complexity index is 700. The molecule has 1 N–H and O–H groups in total. The van der Waals surface area contributed by atoms with Gasteiger partial charge < -0.3 is 14.6 Å². The zero-order chi connectivity index (χ0) is 15.2. The van der Waals surface area contributed by atoms with Crippen molar-refractivity contribution in [2.75, 3.05) is 19.0 Å². The summed E-state index contributed by atoms with van der Waals surface area (Å²) < 4.78 is 6.41. The lowest BCUT2D eigenvalue weighted by Gasteiger charge is -2.09. The molecule has 2 rings (SSSR count). The minimum Gasteiger partial charge on any atom is -0.383 e. The van der Waals surface area contributed by atoms with Gasteiger partial charge in [0.25, 0.3) is 11.5 Å². The molecule has 6 nitrogen and oxygen atoms in total. The number of anilines is 1. The Morgan fingerprint density at radius 1 is 1.43 bits per heavy atom. The van der Waals surface area contributed by atoms with Crippen molar-refractivity contribution in [1.82, 2.24) is 9.55 Å². The number of amides is 1. The van der Waals surface area contributed by atoms with Crippen LogP contribution in [0.3, 0.4) is 0 Å². The molecule has 7 heteroatoms. The van der Waals surface area contributed by atoms with Gasteiger partial charge in [0, 0.05) is 37.7 Å². The van der Waals surface area contributed by atoms with Gasteiger partial charge in [-0.25, -0.2) is 4.98 Å². The van der Waals surface area contributed by atoms with Gasteiger partial charge in [-0.3, -0.25) is 9.59 Å². The molecule has 0 unspecified atom stereocenters. The Kier molecular flexibility index (Phi) is 5.08. The van der Waals surface area contributed by atoms with E-state index in [2.05, 4.69) is 10.3 Å². The van der Waals surface area contributed by atoms with Crippen LogP contribution in [0.2, 0.25) is 5.15 Å². The fourth-order valence-electron chi connectivity index (χ4n) is 1.72. The summed E-state index contributed by atoms with van der Waals surface area (Å²) in [7, 11) is 1.56. The highest BCUT2D eigenvalue weighted by atomic mass is 35.5. The third kappa shape index (κ3) is 4.14. The van der Waals surface area contributed by atoms with Gasteiger partial charge in [-0.15, -0.1) is 0 Å². The van der Waals surface area contributed by atoms with Crippen molar-refractivity contribution in [2.24, 2.45) is 0 Å². The summed E-state index contributed by atoms with van der Waals surface area (Å²) in [4.78, 5) is 27.5. The number of carbonyl (C=O) groups is 1. The number of hydrogen-bond acceptors (Lipinski definition) is 4. The van der Waals surface area contributed by atoms with Crippen LogP contribution in [-0.4, -0.2) is 29.2 Å². The van der Waals surface area contributed by atoms with Crippen molar-refractivity contribution in [1.29, 1.82) is 0 Å². The first kappa shape index (κ1) is 15.2. The zero-order valence-electron chi connectivity index (χ0n) is 11.4. The third-order valence-electron chi connectivity index (χ3n) is 2.77. The van der Waals surface area contributed by atoms with E-state index in [4.69, 9.17) is 16.3 Å². The van der Waals surface area contributed by atoms with Crippen LogP contribution in [0.5, 0.6) is 0 Å². The molecule has 0 aliphatic heterocycles. The molecule has 0 spiro atoms. The van der Waals surface area contributed by atoms with Crippen molar-refractivity contribution in [3.8, 4) is 0 Å². The van der Waals surface area contributed by atoms with Gasteiger partial charge in [0.1, 0.15) is 5.15 Å². The first-order valence-electron chi connectivity index (χ1n) is 6.22. The average molecular weight is 308 g/mol. The van der Waals surface area contributed by atoms with Crippen molar-refractivity contribution >= 4 is 23.2 Å². The highest BCUT2D eigenvalue weighted by Gasteiger charge is 2.08. The molecule has 0 aromatic carbocycles. The fourth-order valence-corrected chi connectivity index (χ4v) is 1.89. The van der Waals surface area contributed by atoms with E-state index in [1.54, 1.807) is 25.4 Å². The number of carbonyl (C=O) groups excluding carboxylic acids is 1. The molecule has 2 aromatic heterocycles. The first-order chi connectivity index (χ1) is 10.1. The van der Waals surface area contributed by atoms with E-state index < -0.39 is 0 Å². The molecule has 0 saturated carbocycles. The van der Waals surface area contributed by atoms with Gasteiger partial charge >= 0.3 is 0 Å². The number of hydrogen-bond donors (Lipinski definition) is 1. The second kappa shape index (κ2) is 7.01. The van der Waals surface area contributed by atoms with Crippen LogP contribution >= 0.6 is 11.6 Å². The van der Waals surface area contributed by atoms with E-state index in [-0.39, 0.29) is 16.6 Å². The highest BCUT2D eigenvalue weighted by molar-refractivity contribution is 6.29. The summed E-state index contributed by atoms with van der Waals surface area (Å²) in [6, 6.07) is 5.97. The van der Waals surface area contributed by atoms with Gasteiger partial charge in [0.15, 0.2) is 0 Å². The van der Waals surface area contributed by atoms with Crippen LogP contribution < -0.4 is 10.9 Å². The highest BCUT2D eigenvalue weighted by Crippen LogP contribution is 2.10. The van der Waals surface area contributed by atoms with E-state index in [1.807, 2.05) is 0 Å². The largest absolute Gasteiger partial charge is 0.383 e. The van der Waals surface area contributed by atoms with Crippen LogP contribution in [0.4, 0.5) is 5.69 Å². The Morgan fingerprint density at radius 3 is 2.95 bits per heavy atom. The molecule has 0 aliphatic rings. The van der Waals surface area contributed by atoms with E-state index in [0.717, 1.165) is 0 Å². The lowest BCUT2D eigenvalue weighted by Crippen LogP contribution is -2.22. The number of nitrogens with one attached hydrogen (secondary N) is 1. The Morgan fingerprint density at radius 2 is 2.24 bits per heavy atom. The molecular weight excluding hydrogens is 294 g/mol. The number of rotatable bonds is 5. The molecule has 0 radical (unpaired) electrons. The number of halogens is 1. The SMILES string of the molecule is COCCn1cc(NC(=O)c2ccnc(Cl)c2)ccc1=O. The molecule has 21 heavy (non-hydrogen) atoms. The monoisotopic (exact) mass is 307 g/mol. The van der Waals surface area contributed by atoms with E-state index in [1.165, 1.54) is 22.9 Å². The molecule has 2 aromatic rings. The molecule has 2 heterocycles. The van der Waals surface area contributed by atoms with Gasteiger partial charge in [-0.1, -0.05) is 11.6 Å². The first-order valence-corrected chi connectivity index (χ1v) is 6.60. The second-order valence-corrected chi connectivity index (χ2v) is 4.65. The van der Waals surface area contributed by atoms with Gasteiger partial charge in [-0.05, 0) is 18.2 Å². The lowest BCUT2D eigenvalue weighted by molar-refractivity contribution is 0.102. The predicted molar refractivity (Wildman–Crippen MR) is 79.8 cm³/mol. The zero-order valence-corrected chi connectivity index (χ0v) is 12.1. The van der Waals surface area contributed by atoms with Gasteiger partial charge in [-0.2, -0.15) is 0 Å². The van der Waals surface area contributed by atoms with Crippen LogP contribution in [0.15, 0.2) is 41.5 Å². The summed E-state index contributed by atoms with van der Waals surface area (Å²) in [5, 5.41) is 2.95. The van der Waals surface area contributed by atoms with Crippen molar-refractivity contribution in [2.45, 2.75) is 6.54 Å². The number of pyridine rings is 2. The van der Waals surface area contributed by atoms with Gasteiger partial charge in [0.2, 0.25) is 0 Å². The van der Waals surface area contributed by atoms with Crippen LogP contribution in [0, 0.1) is 0 Å². The van der Waals surface area contributed by atoms with Crippen LogP contribution in [-0.2, 0) is 11.3 Å². The number of aromatic nitrogens is 2. The van der Waals surface area contributed by atoms with Crippen LogP contribution in [0.25, 0.3) is 0 Å². The van der Waals surface area contributed by atoms with E-state index in [9.17, 15) is 9.59 Å². The topological polar surface area (TPSA) is 73.2 Å². The maximum absolute atomic E-state index is 12.1. The molecule has 0 saturated heterocycles. The lowest BCUT2D eigenvalue weighted by atomic mass is 10.2. The van der Waals surface area contributed by atoms with Crippen molar-refractivity contribution in [3.63, 3.8) is 0 Å². The summed E-state index contributed by atoms with van der Waals surface area (Å²) in [5.41, 5.74) is 0.755. The number of nitrogens with zero attached hydrogens (tertiary/aromatic N) is 2. The normalized spacial score (nSPS) is 10.4. The fraction of sp³-hybridized carbons (Fsp3) is 0.214. The predicted octanol–water partition coefficient (Wildman–Crippen LogP) is 1.80. The third-order valence-corrected chi connectivity index (χ3v) is 2.97. The Labute approximate surface area is 126 Å². The maximum atomic E-state index is 12.1. The maximum Gasteiger partial charge on any atom is 0.255 e.